The van der Waals surface area contributed by atoms with E-state index in [2.05, 4.69) is 31.2 Å². The maximum Gasteiger partial charge on any atom is 0.00401 e. The number of aromatic amines is 1. The summed E-state index contributed by atoms with van der Waals surface area (Å²) in [7, 11) is 0. The van der Waals surface area contributed by atoms with Crippen molar-refractivity contribution in [1.29, 1.82) is 0 Å². The van der Waals surface area contributed by atoms with Crippen LogP contribution in [0.2, 0.25) is 0 Å². The van der Waals surface area contributed by atoms with Crippen molar-refractivity contribution >= 4 is 0 Å². The molecule has 134 valence electrons. The predicted molar refractivity (Wildman–Crippen MR) is 104 cm³/mol. The third-order valence-electron chi connectivity index (χ3n) is 5.03. The molecule has 1 aromatic rings. The zero-order chi connectivity index (χ0) is 16.6. The summed E-state index contributed by atoms with van der Waals surface area (Å²) in [5.74, 6) is 0. The first-order valence-electron chi connectivity index (χ1n) is 10.5. The Labute approximate surface area is 145 Å². The molecule has 1 heterocycles. The van der Waals surface area contributed by atoms with Gasteiger partial charge in [-0.15, -0.1) is 0 Å². The fraction of sp³-hybridized carbons (Fsp3) is 0.818. The number of hydrogen-bond acceptors (Lipinski definition) is 0. The SMILES string of the molecule is CCCCCCCCCCCCCCc1c[nH]cc1CCCC. The highest BCUT2D eigenvalue weighted by Gasteiger charge is 2.03. The monoisotopic (exact) mass is 319 g/mol. The Morgan fingerprint density at radius 3 is 1.39 bits per heavy atom. The average Bonchev–Trinajstić information content (AvgIpc) is 3.01. The summed E-state index contributed by atoms with van der Waals surface area (Å²) in [4.78, 5) is 3.30. The molecule has 0 aliphatic carbocycles. The van der Waals surface area contributed by atoms with E-state index in [0.717, 1.165) is 0 Å². The molecular formula is C22H41N. The van der Waals surface area contributed by atoms with E-state index in [1.165, 1.54) is 103 Å². The van der Waals surface area contributed by atoms with Crippen molar-refractivity contribution in [3.63, 3.8) is 0 Å². The minimum absolute atomic E-state index is 1.26. The fourth-order valence-corrected chi connectivity index (χ4v) is 3.42. The first kappa shape index (κ1) is 20.3. The molecule has 0 spiro atoms. The van der Waals surface area contributed by atoms with Gasteiger partial charge in [-0.2, -0.15) is 0 Å². The van der Waals surface area contributed by atoms with Crippen LogP contribution in [0.3, 0.4) is 0 Å². The van der Waals surface area contributed by atoms with Crippen molar-refractivity contribution in [2.75, 3.05) is 0 Å². The van der Waals surface area contributed by atoms with E-state index in [1.807, 2.05) is 0 Å². The Morgan fingerprint density at radius 1 is 0.522 bits per heavy atom. The lowest BCUT2D eigenvalue weighted by Crippen LogP contribution is -1.91. The van der Waals surface area contributed by atoms with Gasteiger partial charge < -0.3 is 4.98 Å². The molecule has 0 aliphatic heterocycles. The summed E-state index contributed by atoms with van der Waals surface area (Å²) in [5.41, 5.74) is 3.14. The molecule has 1 heteroatoms. The molecule has 0 aromatic carbocycles. The van der Waals surface area contributed by atoms with Gasteiger partial charge in [0.05, 0.1) is 0 Å². The number of nitrogens with one attached hydrogen (secondary N) is 1. The molecular weight excluding hydrogens is 278 g/mol. The summed E-state index contributed by atoms with van der Waals surface area (Å²) < 4.78 is 0. The fourth-order valence-electron chi connectivity index (χ4n) is 3.42. The van der Waals surface area contributed by atoms with Crippen molar-refractivity contribution < 1.29 is 0 Å². The van der Waals surface area contributed by atoms with Gasteiger partial charge in [-0.05, 0) is 36.8 Å². The van der Waals surface area contributed by atoms with Crippen LogP contribution in [0.1, 0.15) is 115 Å². The molecule has 0 atom stereocenters. The van der Waals surface area contributed by atoms with Crippen molar-refractivity contribution in [3.8, 4) is 0 Å². The van der Waals surface area contributed by atoms with Gasteiger partial charge in [-0.25, -0.2) is 0 Å². The standard InChI is InChI=1S/C22H41N/c1-3-5-7-8-9-10-11-12-13-14-15-16-18-22-20-23-19-21(22)17-6-4-2/h19-20,23H,3-18H2,1-2H3. The van der Waals surface area contributed by atoms with Gasteiger partial charge in [0.15, 0.2) is 0 Å². The number of aryl methyl sites for hydroxylation is 2. The largest absolute Gasteiger partial charge is 0.367 e. The van der Waals surface area contributed by atoms with E-state index in [-0.39, 0.29) is 0 Å². The molecule has 0 saturated heterocycles. The van der Waals surface area contributed by atoms with Crippen molar-refractivity contribution in [2.45, 2.75) is 117 Å². The van der Waals surface area contributed by atoms with Crippen LogP contribution in [0.5, 0.6) is 0 Å². The van der Waals surface area contributed by atoms with Crippen LogP contribution in [-0.4, -0.2) is 4.98 Å². The number of unbranched alkanes of at least 4 members (excludes halogenated alkanes) is 12. The second-order valence-corrected chi connectivity index (χ2v) is 7.25. The normalized spacial score (nSPS) is 11.2. The second-order valence-electron chi connectivity index (χ2n) is 7.25. The minimum atomic E-state index is 1.26. The van der Waals surface area contributed by atoms with Gasteiger partial charge in [0.25, 0.3) is 0 Å². The second kappa shape index (κ2) is 14.8. The summed E-state index contributed by atoms with van der Waals surface area (Å²) in [6.07, 6.45) is 26.8. The molecule has 0 bridgehead atoms. The van der Waals surface area contributed by atoms with Gasteiger partial charge in [0.2, 0.25) is 0 Å². The maximum atomic E-state index is 3.30. The quantitative estimate of drug-likeness (QED) is 0.302. The first-order chi connectivity index (χ1) is 11.4. The van der Waals surface area contributed by atoms with E-state index in [0.29, 0.717) is 0 Å². The van der Waals surface area contributed by atoms with Gasteiger partial charge in [-0.1, -0.05) is 90.9 Å². The molecule has 0 amide bonds. The summed E-state index contributed by atoms with van der Waals surface area (Å²) in [6.45, 7) is 4.57. The third kappa shape index (κ3) is 10.6. The van der Waals surface area contributed by atoms with Crippen LogP contribution < -0.4 is 0 Å². The van der Waals surface area contributed by atoms with Crippen LogP contribution in [0.25, 0.3) is 0 Å². The van der Waals surface area contributed by atoms with Gasteiger partial charge in [-0.3, -0.25) is 0 Å². The predicted octanol–water partition coefficient (Wildman–Crippen LogP) is 7.60. The molecule has 23 heavy (non-hydrogen) atoms. The van der Waals surface area contributed by atoms with Crippen molar-refractivity contribution in [1.82, 2.24) is 4.98 Å². The zero-order valence-electron chi connectivity index (χ0n) is 16.0. The lowest BCUT2D eigenvalue weighted by atomic mass is 10.0. The Morgan fingerprint density at radius 2 is 0.913 bits per heavy atom. The molecule has 0 unspecified atom stereocenters. The Kier molecular flexibility index (Phi) is 13.1. The van der Waals surface area contributed by atoms with E-state index < -0.39 is 0 Å². The smallest absolute Gasteiger partial charge is 0.00401 e. The van der Waals surface area contributed by atoms with Crippen LogP contribution >= 0.6 is 0 Å². The first-order valence-corrected chi connectivity index (χ1v) is 10.5. The molecule has 0 fully saturated rings. The molecule has 1 aromatic heterocycles. The molecule has 1 rings (SSSR count). The molecule has 0 radical (unpaired) electrons. The highest BCUT2D eigenvalue weighted by Crippen LogP contribution is 2.16. The molecule has 1 nitrogen and oxygen atoms in total. The molecule has 1 N–H and O–H groups in total. The van der Waals surface area contributed by atoms with Gasteiger partial charge in [0.1, 0.15) is 0 Å². The highest BCUT2D eigenvalue weighted by atomic mass is 14.6. The van der Waals surface area contributed by atoms with Crippen LogP contribution in [-0.2, 0) is 12.8 Å². The average molecular weight is 320 g/mol. The lowest BCUT2D eigenvalue weighted by molar-refractivity contribution is 0.544. The summed E-state index contributed by atoms with van der Waals surface area (Å²) in [5, 5.41) is 0. The van der Waals surface area contributed by atoms with Gasteiger partial charge >= 0.3 is 0 Å². The Balaban J connectivity index is 1.89. The Bertz CT molecular complexity index is 353. The minimum Gasteiger partial charge on any atom is -0.367 e. The molecule has 0 aliphatic rings. The van der Waals surface area contributed by atoms with E-state index in [1.54, 1.807) is 11.1 Å². The highest BCUT2D eigenvalue weighted by molar-refractivity contribution is 5.23. The number of aromatic nitrogens is 1. The van der Waals surface area contributed by atoms with Gasteiger partial charge in [0, 0.05) is 12.4 Å². The topological polar surface area (TPSA) is 15.8 Å². The van der Waals surface area contributed by atoms with Crippen LogP contribution in [0.4, 0.5) is 0 Å². The zero-order valence-corrected chi connectivity index (χ0v) is 16.0. The lowest BCUT2D eigenvalue weighted by Gasteiger charge is -2.04. The molecule has 0 saturated carbocycles. The number of rotatable bonds is 16. The summed E-state index contributed by atoms with van der Waals surface area (Å²) in [6, 6.07) is 0. The van der Waals surface area contributed by atoms with E-state index in [4.69, 9.17) is 0 Å². The van der Waals surface area contributed by atoms with Crippen molar-refractivity contribution in [3.05, 3.63) is 23.5 Å². The number of hydrogen-bond donors (Lipinski definition) is 1. The number of H-pyrrole nitrogens is 1. The van der Waals surface area contributed by atoms with E-state index >= 15 is 0 Å². The van der Waals surface area contributed by atoms with E-state index in [9.17, 15) is 0 Å². The third-order valence-corrected chi connectivity index (χ3v) is 5.03. The Hall–Kier alpha value is -0.720. The van der Waals surface area contributed by atoms with Crippen LogP contribution in [0, 0.1) is 0 Å². The maximum absolute atomic E-state index is 3.30. The van der Waals surface area contributed by atoms with Crippen LogP contribution in [0.15, 0.2) is 12.4 Å². The van der Waals surface area contributed by atoms with Crippen molar-refractivity contribution in [2.24, 2.45) is 0 Å². The summed E-state index contributed by atoms with van der Waals surface area (Å²) >= 11 is 0.